The highest BCUT2D eigenvalue weighted by Gasteiger charge is 2.38. The molecule has 4 heteroatoms. The fraction of sp³-hybridized carbons (Fsp3) is 0.923. The molecule has 17 heavy (non-hydrogen) atoms. The minimum Gasteiger partial charge on any atom is -0.327 e. The lowest BCUT2D eigenvalue weighted by Gasteiger charge is -2.28. The number of carbonyl (C=O) groups is 1. The molecule has 0 aromatic carbocycles. The molecule has 3 nitrogen and oxygen atoms in total. The number of amides is 1. The van der Waals surface area contributed by atoms with Crippen LogP contribution in [-0.2, 0) is 4.79 Å². The summed E-state index contributed by atoms with van der Waals surface area (Å²) in [5, 5.41) is 3.35. The highest BCUT2D eigenvalue weighted by molar-refractivity contribution is 8.00. The van der Waals surface area contributed by atoms with Gasteiger partial charge in [-0.05, 0) is 37.9 Å². The molecule has 1 N–H and O–H groups in total. The van der Waals surface area contributed by atoms with Crippen molar-refractivity contribution >= 4 is 17.7 Å². The Morgan fingerprint density at radius 1 is 1.59 bits per heavy atom. The Kier molecular flexibility index (Phi) is 4.03. The smallest absolute Gasteiger partial charge is 0.240 e. The van der Waals surface area contributed by atoms with E-state index < -0.39 is 0 Å². The molecule has 0 saturated carbocycles. The number of thioether (sulfide) groups is 1. The average Bonchev–Trinajstić information content (AvgIpc) is 2.79. The van der Waals surface area contributed by atoms with Crippen LogP contribution in [0.4, 0.5) is 0 Å². The summed E-state index contributed by atoms with van der Waals surface area (Å²) < 4.78 is 0.296. The first kappa shape index (κ1) is 13.2. The summed E-state index contributed by atoms with van der Waals surface area (Å²) in [6.07, 6.45) is 3.50. The maximum absolute atomic E-state index is 12.2. The van der Waals surface area contributed by atoms with Gasteiger partial charge in [0.1, 0.15) is 0 Å². The third-order valence-corrected chi connectivity index (χ3v) is 5.19. The number of hydrogen-bond donors (Lipinski definition) is 1. The first-order valence-corrected chi connectivity index (χ1v) is 7.65. The predicted molar refractivity (Wildman–Crippen MR) is 73.1 cm³/mol. The van der Waals surface area contributed by atoms with Gasteiger partial charge in [0.05, 0.1) is 12.7 Å². The van der Waals surface area contributed by atoms with Gasteiger partial charge >= 0.3 is 0 Å². The van der Waals surface area contributed by atoms with E-state index in [-0.39, 0.29) is 6.04 Å². The minimum absolute atomic E-state index is 0.0602. The molecule has 2 atom stereocenters. The van der Waals surface area contributed by atoms with Crippen molar-refractivity contribution in [1.82, 2.24) is 10.2 Å². The highest BCUT2D eigenvalue weighted by Crippen LogP contribution is 2.38. The third-order valence-electron chi connectivity index (χ3n) is 3.67. The second-order valence-electron chi connectivity index (χ2n) is 5.98. The molecule has 2 aliphatic rings. The van der Waals surface area contributed by atoms with Gasteiger partial charge in [-0.3, -0.25) is 10.1 Å². The van der Waals surface area contributed by atoms with Crippen molar-refractivity contribution in [3.8, 4) is 0 Å². The number of rotatable bonds is 4. The summed E-state index contributed by atoms with van der Waals surface area (Å²) in [6.45, 7) is 8.30. The van der Waals surface area contributed by atoms with E-state index in [1.54, 1.807) is 0 Å². The first-order valence-electron chi connectivity index (χ1n) is 6.66. The van der Waals surface area contributed by atoms with Gasteiger partial charge in [-0.1, -0.05) is 13.8 Å². The van der Waals surface area contributed by atoms with Crippen LogP contribution >= 0.6 is 11.8 Å². The lowest BCUT2D eigenvalue weighted by atomic mass is 10.0. The van der Waals surface area contributed by atoms with Crippen molar-refractivity contribution in [1.29, 1.82) is 0 Å². The first-order chi connectivity index (χ1) is 8.00. The Labute approximate surface area is 109 Å². The van der Waals surface area contributed by atoms with Crippen LogP contribution in [0.2, 0.25) is 0 Å². The molecule has 1 amide bonds. The van der Waals surface area contributed by atoms with Crippen molar-refractivity contribution in [2.24, 2.45) is 5.92 Å². The average molecular weight is 256 g/mol. The zero-order valence-electron chi connectivity index (χ0n) is 11.2. The van der Waals surface area contributed by atoms with Gasteiger partial charge in [-0.25, -0.2) is 0 Å². The van der Waals surface area contributed by atoms with Crippen LogP contribution in [0.3, 0.4) is 0 Å². The molecule has 2 rings (SSSR count). The fourth-order valence-electron chi connectivity index (χ4n) is 2.76. The lowest BCUT2D eigenvalue weighted by molar-refractivity contribution is -0.129. The Morgan fingerprint density at radius 2 is 2.35 bits per heavy atom. The van der Waals surface area contributed by atoms with E-state index in [1.807, 2.05) is 16.7 Å². The summed E-state index contributed by atoms with van der Waals surface area (Å²) in [5.41, 5.74) is 0. The van der Waals surface area contributed by atoms with E-state index in [1.165, 1.54) is 18.6 Å². The Bertz CT molecular complexity index is 287. The van der Waals surface area contributed by atoms with Crippen molar-refractivity contribution in [2.75, 3.05) is 19.0 Å². The molecule has 0 aromatic rings. The van der Waals surface area contributed by atoms with E-state index in [9.17, 15) is 4.79 Å². The van der Waals surface area contributed by atoms with Crippen LogP contribution in [-0.4, -0.2) is 40.6 Å². The molecule has 0 aliphatic carbocycles. The summed E-state index contributed by atoms with van der Waals surface area (Å²) in [7, 11) is 0. The fourth-order valence-corrected chi connectivity index (χ4v) is 4.08. The van der Waals surface area contributed by atoms with Crippen LogP contribution in [0.15, 0.2) is 0 Å². The summed E-state index contributed by atoms with van der Waals surface area (Å²) in [5.74, 6) is 2.14. The van der Waals surface area contributed by atoms with Crippen LogP contribution in [0.5, 0.6) is 0 Å². The van der Waals surface area contributed by atoms with Crippen LogP contribution in [0.1, 0.15) is 40.0 Å². The molecule has 0 spiro atoms. The lowest BCUT2D eigenvalue weighted by Crippen LogP contribution is -2.39. The monoisotopic (exact) mass is 256 g/mol. The molecule has 2 aliphatic heterocycles. The van der Waals surface area contributed by atoms with Gasteiger partial charge < -0.3 is 4.90 Å². The molecule has 0 bridgehead atoms. The van der Waals surface area contributed by atoms with Gasteiger partial charge in [0.15, 0.2) is 0 Å². The van der Waals surface area contributed by atoms with Crippen LogP contribution in [0, 0.1) is 5.92 Å². The van der Waals surface area contributed by atoms with Gasteiger partial charge in [0.2, 0.25) is 5.91 Å². The van der Waals surface area contributed by atoms with Crippen molar-refractivity contribution in [3.05, 3.63) is 0 Å². The summed E-state index contributed by atoms with van der Waals surface area (Å²) in [4.78, 5) is 14.2. The molecule has 2 saturated heterocycles. The second kappa shape index (κ2) is 5.19. The molecule has 0 radical (unpaired) electrons. The van der Waals surface area contributed by atoms with E-state index in [0.29, 0.717) is 16.6 Å². The van der Waals surface area contributed by atoms with E-state index in [4.69, 9.17) is 0 Å². The van der Waals surface area contributed by atoms with Gasteiger partial charge in [0.25, 0.3) is 0 Å². The number of nitrogens with zero attached hydrogens (tertiary/aromatic N) is 1. The number of hydrogen-bond acceptors (Lipinski definition) is 3. The number of carbonyl (C=O) groups excluding carboxylic acids is 1. The van der Waals surface area contributed by atoms with Crippen LogP contribution in [0.25, 0.3) is 0 Å². The van der Waals surface area contributed by atoms with E-state index in [2.05, 4.69) is 26.1 Å². The minimum atomic E-state index is 0.0602. The van der Waals surface area contributed by atoms with Crippen molar-refractivity contribution in [3.63, 3.8) is 0 Å². The largest absolute Gasteiger partial charge is 0.327 e. The SMILES string of the molecule is CC(C)CC1NCN(CC2(C)CCCS2)C1=O. The standard InChI is InChI=1S/C13H24N2OS/c1-10(2)7-11-12(16)15(9-14-11)8-13(3)5-4-6-17-13/h10-11,14H,4-9H2,1-3H3. The van der Waals surface area contributed by atoms with Gasteiger partial charge in [0, 0.05) is 11.3 Å². The Hall–Kier alpha value is -0.220. The molecule has 2 fully saturated rings. The van der Waals surface area contributed by atoms with E-state index >= 15 is 0 Å². The maximum atomic E-state index is 12.2. The molecule has 2 heterocycles. The third kappa shape index (κ3) is 3.16. The molecule has 2 unspecified atom stereocenters. The summed E-state index contributed by atoms with van der Waals surface area (Å²) >= 11 is 2.03. The Balaban J connectivity index is 1.89. The topological polar surface area (TPSA) is 32.3 Å². The zero-order chi connectivity index (χ0) is 12.5. The van der Waals surface area contributed by atoms with E-state index in [0.717, 1.165) is 19.6 Å². The van der Waals surface area contributed by atoms with Gasteiger partial charge in [-0.2, -0.15) is 11.8 Å². The van der Waals surface area contributed by atoms with Crippen molar-refractivity contribution in [2.45, 2.75) is 50.8 Å². The normalized spacial score (nSPS) is 34.0. The van der Waals surface area contributed by atoms with Gasteiger partial charge in [-0.15, -0.1) is 0 Å². The summed E-state index contributed by atoms with van der Waals surface area (Å²) in [6, 6.07) is 0.0602. The number of nitrogens with one attached hydrogen (secondary N) is 1. The van der Waals surface area contributed by atoms with Crippen molar-refractivity contribution < 1.29 is 4.79 Å². The highest BCUT2D eigenvalue weighted by atomic mass is 32.2. The quantitative estimate of drug-likeness (QED) is 0.836. The predicted octanol–water partition coefficient (Wildman–Crippen LogP) is 2.08. The Morgan fingerprint density at radius 3 is 2.94 bits per heavy atom. The molecule has 0 aromatic heterocycles. The second-order valence-corrected chi connectivity index (χ2v) is 7.67. The molecular formula is C13H24N2OS. The molecular weight excluding hydrogens is 232 g/mol. The zero-order valence-corrected chi connectivity index (χ0v) is 12.0. The van der Waals surface area contributed by atoms with Crippen LogP contribution < -0.4 is 5.32 Å². The molecule has 98 valence electrons. The maximum Gasteiger partial charge on any atom is 0.240 e.